The van der Waals surface area contributed by atoms with Crippen molar-refractivity contribution in [2.75, 3.05) is 14.7 Å². The molecular formula is C138H87N3O2S. The highest BCUT2D eigenvalue weighted by molar-refractivity contribution is 7.26. The number of thiophene rings is 1. The van der Waals surface area contributed by atoms with Crippen molar-refractivity contribution in [2.45, 2.75) is 0 Å². The van der Waals surface area contributed by atoms with Gasteiger partial charge in [-0.05, 0) is 262 Å². The molecule has 0 aliphatic rings. The highest BCUT2D eigenvalue weighted by Gasteiger charge is 2.29. The van der Waals surface area contributed by atoms with Crippen molar-refractivity contribution in [3.05, 3.63) is 528 Å². The van der Waals surface area contributed by atoms with Gasteiger partial charge in [-0.25, -0.2) is 0 Å². The lowest BCUT2D eigenvalue weighted by molar-refractivity contribution is 0.668. The molecule has 30 rings (SSSR count). The minimum atomic E-state index is 0.873. The fourth-order valence-corrected chi connectivity index (χ4v) is 24.2. The van der Waals surface area contributed by atoms with Crippen molar-refractivity contribution in [2.24, 2.45) is 0 Å². The Morgan fingerprint density at radius 3 is 0.840 bits per heavy atom. The van der Waals surface area contributed by atoms with E-state index in [1.165, 1.54) is 194 Å². The van der Waals surface area contributed by atoms with Crippen LogP contribution in [0, 0.1) is 0 Å². The van der Waals surface area contributed by atoms with Gasteiger partial charge in [-0.3, -0.25) is 0 Å². The minimum absolute atomic E-state index is 0.873. The second-order valence-corrected chi connectivity index (χ2v) is 38.5. The van der Waals surface area contributed by atoms with Crippen LogP contribution in [-0.4, -0.2) is 0 Å². The van der Waals surface area contributed by atoms with Crippen molar-refractivity contribution in [3.8, 4) is 33.4 Å². The van der Waals surface area contributed by atoms with Gasteiger partial charge in [-0.1, -0.05) is 413 Å². The van der Waals surface area contributed by atoms with Crippen molar-refractivity contribution in [1.29, 1.82) is 0 Å². The molecule has 5 nitrogen and oxygen atoms in total. The summed E-state index contributed by atoms with van der Waals surface area (Å²) in [4.78, 5) is 7.33. The first kappa shape index (κ1) is 83.4. The number of fused-ring (bicyclic) bond motifs is 27. The summed E-state index contributed by atoms with van der Waals surface area (Å²) in [6, 6.07) is 191. The van der Waals surface area contributed by atoms with Crippen LogP contribution in [0.2, 0.25) is 0 Å². The molecule has 0 radical (unpaired) electrons. The maximum absolute atomic E-state index is 6.69. The van der Waals surface area contributed by atoms with E-state index in [9.17, 15) is 0 Å². The van der Waals surface area contributed by atoms with E-state index in [2.05, 4.69) is 530 Å². The zero-order valence-electron chi connectivity index (χ0n) is 78.3. The highest BCUT2D eigenvalue weighted by Crippen LogP contribution is 2.54. The lowest BCUT2D eigenvalue weighted by atomic mass is 9.93. The van der Waals surface area contributed by atoms with Gasteiger partial charge in [0, 0.05) is 64.9 Å². The van der Waals surface area contributed by atoms with Gasteiger partial charge in [-0.2, -0.15) is 0 Å². The lowest BCUT2D eigenvalue weighted by Gasteiger charge is -2.28. The highest BCUT2D eigenvalue weighted by atomic mass is 32.1. The summed E-state index contributed by atoms with van der Waals surface area (Å²) in [5.41, 5.74) is 20.7. The normalized spacial score (nSPS) is 11.8. The second kappa shape index (κ2) is 34.7. The fourth-order valence-electron chi connectivity index (χ4n) is 23.0. The van der Waals surface area contributed by atoms with Crippen LogP contribution >= 0.6 is 11.3 Å². The van der Waals surface area contributed by atoms with Crippen LogP contribution < -0.4 is 14.7 Å². The molecule has 0 fully saturated rings. The Hall–Kier alpha value is -18.7. The third-order valence-electron chi connectivity index (χ3n) is 29.4. The average Bonchev–Trinajstić information content (AvgIpc) is 1.46. The molecule has 144 heavy (non-hydrogen) atoms. The quantitative estimate of drug-likeness (QED) is 0.114. The van der Waals surface area contributed by atoms with E-state index < -0.39 is 0 Å². The van der Waals surface area contributed by atoms with Crippen LogP contribution in [0.1, 0.15) is 0 Å². The summed E-state index contributed by atoms with van der Waals surface area (Å²) >= 11 is 1.88. The molecule has 0 spiro atoms. The molecule has 0 saturated carbocycles. The van der Waals surface area contributed by atoms with E-state index in [0.717, 1.165) is 83.7 Å². The monoisotopic (exact) mass is 1850 g/mol. The molecule has 0 atom stereocenters. The van der Waals surface area contributed by atoms with E-state index in [-0.39, 0.29) is 0 Å². The summed E-state index contributed by atoms with van der Waals surface area (Å²) in [6.45, 7) is 0. The molecular weight excluding hydrogens is 1760 g/mol. The molecule has 0 N–H and O–H groups in total. The van der Waals surface area contributed by atoms with E-state index in [4.69, 9.17) is 8.83 Å². The van der Waals surface area contributed by atoms with E-state index in [1.54, 1.807) is 0 Å². The number of benzene rings is 27. The average molecular weight is 1850 g/mol. The Kier molecular flexibility index (Phi) is 20.1. The number of hydrogen-bond donors (Lipinski definition) is 0. The van der Waals surface area contributed by atoms with Gasteiger partial charge in [0.25, 0.3) is 0 Å². The molecule has 27 aromatic carbocycles. The van der Waals surface area contributed by atoms with Crippen LogP contribution in [0.5, 0.6) is 0 Å². The number of para-hydroxylation sites is 3. The van der Waals surface area contributed by atoms with Gasteiger partial charge in [0.2, 0.25) is 0 Å². The van der Waals surface area contributed by atoms with Gasteiger partial charge < -0.3 is 23.5 Å². The molecule has 0 aliphatic carbocycles. The van der Waals surface area contributed by atoms with Gasteiger partial charge in [0.15, 0.2) is 5.58 Å². The molecule has 0 bridgehead atoms. The summed E-state index contributed by atoms with van der Waals surface area (Å²) in [5, 5.41) is 36.9. The maximum atomic E-state index is 6.69. The predicted octanol–water partition coefficient (Wildman–Crippen LogP) is 40.5. The Balaban J connectivity index is 0.000000105. The molecule has 0 unspecified atom stereocenters. The standard InChI is InChI=1S/2C46H29NO.C46H29NS/c1-3-17-34-31(13-1)28-42(38-21-6-5-19-36(34)38)30-15-11-16-33(27-30)47(43-25-12-24-41-40-23-9-10-26-45(40)48-46(41)43)44-29-32-14-2-4-18-35(32)37-20-7-8-22-39(37)44;1-3-17-34-31(13-1)28-41(38-21-6-5-19-36(34)38)30-15-11-16-33(27-30)47(42-24-12-26-45-46(42)40-23-9-10-25-44(40)48-45)43-29-32-14-2-4-18-35(32)37-20-7-8-22-39(37)43;1-3-17-34-31(13-1)28-42(38-21-6-5-19-36(34)38)30-15-11-16-33(27-30)47(43-25-12-24-41-40-23-9-10-26-45(40)48-46(41)43)44-29-32-14-2-4-18-35(32)37-20-7-8-22-39(37)44/h3*1-29H. The SMILES string of the molecule is c1cc(-c2cc3ccccc3c3ccccc23)cc(N(c2cc3ccccc3c3ccccc23)c2cccc3c2oc2ccccc23)c1.c1cc(-c2cc3ccccc3c3ccccc23)cc(N(c2cc3ccccc3c3ccccc23)c2cccc3c2sc2ccccc23)c1.c1cc(-c2cc3ccccc3c3ccccc23)cc(N(c2cc3ccccc3c3ccccc23)c2cccc3oc4ccccc4c23)c1. The van der Waals surface area contributed by atoms with E-state index in [0.29, 0.717) is 0 Å². The number of hydrogen-bond acceptors (Lipinski definition) is 6. The van der Waals surface area contributed by atoms with E-state index in [1.807, 2.05) is 23.5 Å². The Morgan fingerprint density at radius 1 is 0.153 bits per heavy atom. The summed E-state index contributed by atoms with van der Waals surface area (Å²) in [7, 11) is 0. The Labute approximate surface area is 834 Å². The summed E-state index contributed by atoms with van der Waals surface area (Å²) in [6.07, 6.45) is 0. The van der Waals surface area contributed by atoms with Gasteiger partial charge in [0.1, 0.15) is 16.7 Å². The van der Waals surface area contributed by atoms with E-state index >= 15 is 0 Å². The number of rotatable bonds is 12. The first-order valence-corrected chi connectivity index (χ1v) is 50.1. The first-order valence-electron chi connectivity index (χ1n) is 49.3. The molecule has 3 aromatic heterocycles. The Morgan fingerprint density at radius 2 is 0.424 bits per heavy atom. The van der Waals surface area contributed by atoms with Crippen LogP contribution in [-0.2, 0) is 0 Å². The molecule has 0 aliphatic heterocycles. The topological polar surface area (TPSA) is 36.0 Å². The maximum Gasteiger partial charge on any atom is 0.159 e. The molecule has 0 saturated heterocycles. The molecule has 0 amide bonds. The zero-order chi connectivity index (χ0) is 94.8. The van der Waals surface area contributed by atoms with Crippen molar-refractivity contribution in [3.63, 3.8) is 0 Å². The second-order valence-electron chi connectivity index (χ2n) is 37.5. The number of nitrogens with zero attached hydrogens (tertiary/aromatic N) is 3. The van der Waals surface area contributed by atoms with Crippen LogP contribution in [0.3, 0.4) is 0 Å². The summed E-state index contributed by atoms with van der Waals surface area (Å²) < 4.78 is 15.7. The van der Waals surface area contributed by atoms with Gasteiger partial charge in [0.05, 0.1) is 44.2 Å². The van der Waals surface area contributed by atoms with Gasteiger partial charge in [-0.15, -0.1) is 11.3 Å². The Bertz CT molecular complexity index is 10100. The number of anilines is 9. The molecule has 30 aromatic rings. The smallest absolute Gasteiger partial charge is 0.159 e. The largest absolute Gasteiger partial charge is 0.456 e. The summed E-state index contributed by atoms with van der Waals surface area (Å²) in [5.74, 6) is 0. The zero-order valence-corrected chi connectivity index (χ0v) is 79.1. The predicted molar refractivity (Wildman–Crippen MR) is 617 cm³/mol. The van der Waals surface area contributed by atoms with Crippen LogP contribution in [0.4, 0.5) is 51.2 Å². The van der Waals surface area contributed by atoms with Crippen molar-refractivity contribution >= 4 is 256 Å². The minimum Gasteiger partial charge on any atom is -0.456 e. The van der Waals surface area contributed by atoms with Crippen LogP contribution in [0.15, 0.2) is 537 Å². The third kappa shape index (κ3) is 14.0. The van der Waals surface area contributed by atoms with Gasteiger partial charge >= 0.3 is 0 Å². The van der Waals surface area contributed by atoms with Crippen LogP contribution in [0.25, 0.3) is 227 Å². The first-order chi connectivity index (χ1) is 71.4. The third-order valence-corrected chi connectivity index (χ3v) is 30.6. The molecule has 6 heteroatoms. The molecule has 672 valence electrons. The lowest BCUT2D eigenvalue weighted by Crippen LogP contribution is -2.11. The number of furan rings is 2. The van der Waals surface area contributed by atoms with Crippen molar-refractivity contribution < 1.29 is 8.83 Å². The molecule has 3 heterocycles. The van der Waals surface area contributed by atoms with Crippen molar-refractivity contribution in [1.82, 2.24) is 0 Å². The fraction of sp³-hybridized carbons (Fsp3) is 0.